The molecule has 0 saturated carbocycles. The van der Waals surface area contributed by atoms with E-state index in [9.17, 15) is 9.59 Å². The largest absolute Gasteiger partial charge is 0.508 e. The van der Waals surface area contributed by atoms with Gasteiger partial charge in [0, 0.05) is 19.4 Å². The highest BCUT2D eigenvalue weighted by Gasteiger charge is 2.01. The van der Waals surface area contributed by atoms with Gasteiger partial charge in [-0.1, -0.05) is 63.6 Å². The van der Waals surface area contributed by atoms with E-state index < -0.39 is 5.97 Å². The van der Waals surface area contributed by atoms with Crippen molar-refractivity contribution in [3.63, 3.8) is 0 Å². The summed E-state index contributed by atoms with van der Waals surface area (Å²) in [5, 5.41) is 20.0. The Bertz CT molecular complexity index is 462. The molecule has 1 rings (SSSR count). The molecule has 148 valence electrons. The van der Waals surface area contributed by atoms with Crippen molar-refractivity contribution in [1.29, 1.82) is 0 Å². The van der Waals surface area contributed by atoms with Gasteiger partial charge in [0.1, 0.15) is 5.75 Å². The standard InChI is InChI=1S/C15H29NO3.C6H6O/c1-2-3-4-5-6-8-11-14(17)16-13-10-7-9-12-15(18)19;7-6-4-2-1-3-5-6/h2-13H2,1H3,(H,16,17)(H,18,19);1-5,7H. The van der Waals surface area contributed by atoms with Crippen molar-refractivity contribution in [2.75, 3.05) is 6.54 Å². The molecule has 0 radical (unpaired) electrons. The van der Waals surface area contributed by atoms with Gasteiger partial charge in [0.15, 0.2) is 0 Å². The maximum absolute atomic E-state index is 11.5. The highest BCUT2D eigenvalue weighted by molar-refractivity contribution is 5.75. The lowest BCUT2D eigenvalue weighted by Crippen LogP contribution is -2.23. The number of nitrogens with one attached hydrogen (secondary N) is 1. The van der Waals surface area contributed by atoms with Crippen molar-refractivity contribution >= 4 is 11.9 Å². The van der Waals surface area contributed by atoms with E-state index in [1.54, 1.807) is 24.3 Å². The zero-order valence-corrected chi connectivity index (χ0v) is 16.1. The third-order valence-corrected chi connectivity index (χ3v) is 3.90. The summed E-state index contributed by atoms with van der Waals surface area (Å²) >= 11 is 0. The first kappa shape index (κ1) is 24.0. The van der Waals surface area contributed by atoms with E-state index in [0.717, 1.165) is 25.7 Å². The van der Waals surface area contributed by atoms with Crippen LogP contribution in [0.3, 0.4) is 0 Å². The van der Waals surface area contributed by atoms with Crippen molar-refractivity contribution in [3.05, 3.63) is 30.3 Å². The lowest BCUT2D eigenvalue weighted by atomic mass is 10.1. The molecule has 1 aromatic rings. The van der Waals surface area contributed by atoms with Gasteiger partial charge in [0.2, 0.25) is 5.91 Å². The first-order chi connectivity index (χ1) is 12.6. The molecule has 0 atom stereocenters. The zero-order chi connectivity index (χ0) is 19.5. The number of carbonyl (C=O) groups excluding carboxylic acids is 1. The quantitative estimate of drug-likeness (QED) is 0.434. The zero-order valence-electron chi connectivity index (χ0n) is 16.1. The van der Waals surface area contributed by atoms with E-state index in [-0.39, 0.29) is 12.3 Å². The van der Waals surface area contributed by atoms with Crippen LogP contribution in [0.2, 0.25) is 0 Å². The number of phenols is 1. The Morgan fingerprint density at radius 1 is 0.846 bits per heavy atom. The Balaban J connectivity index is 0.000000735. The molecule has 0 heterocycles. The molecule has 0 bridgehead atoms. The van der Waals surface area contributed by atoms with Gasteiger partial charge in [0.05, 0.1) is 0 Å². The summed E-state index contributed by atoms with van der Waals surface area (Å²) in [6, 6.07) is 8.71. The van der Waals surface area contributed by atoms with Gasteiger partial charge in [-0.3, -0.25) is 9.59 Å². The average Bonchev–Trinajstić information content (AvgIpc) is 2.62. The highest BCUT2D eigenvalue weighted by Crippen LogP contribution is 2.07. The van der Waals surface area contributed by atoms with Crippen LogP contribution in [0.15, 0.2) is 30.3 Å². The van der Waals surface area contributed by atoms with Gasteiger partial charge in [-0.2, -0.15) is 0 Å². The molecule has 0 fully saturated rings. The Labute approximate surface area is 157 Å². The molecule has 0 aliphatic carbocycles. The third kappa shape index (κ3) is 18.3. The summed E-state index contributed by atoms with van der Waals surface area (Å²) in [7, 11) is 0. The SMILES string of the molecule is CCCCCCCCC(=O)NCCCCCC(=O)O.Oc1ccccc1. The first-order valence-corrected chi connectivity index (χ1v) is 9.78. The van der Waals surface area contributed by atoms with Crippen molar-refractivity contribution in [3.8, 4) is 5.75 Å². The summed E-state index contributed by atoms with van der Waals surface area (Å²) in [4.78, 5) is 21.8. The Morgan fingerprint density at radius 3 is 2.00 bits per heavy atom. The van der Waals surface area contributed by atoms with Crippen LogP contribution in [0, 0.1) is 0 Å². The van der Waals surface area contributed by atoms with Crippen molar-refractivity contribution in [2.45, 2.75) is 77.6 Å². The fraction of sp³-hybridized carbons (Fsp3) is 0.619. The van der Waals surface area contributed by atoms with Crippen LogP contribution >= 0.6 is 0 Å². The monoisotopic (exact) mass is 365 g/mol. The second kappa shape index (κ2) is 17.8. The fourth-order valence-electron chi connectivity index (χ4n) is 2.39. The number of benzene rings is 1. The minimum absolute atomic E-state index is 0.133. The van der Waals surface area contributed by atoms with Crippen LogP contribution in [-0.4, -0.2) is 28.6 Å². The predicted octanol–water partition coefficient (Wildman–Crippen LogP) is 4.89. The lowest BCUT2D eigenvalue weighted by Gasteiger charge is -2.05. The number of hydrogen-bond donors (Lipinski definition) is 3. The number of hydrogen-bond acceptors (Lipinski definition) is 3. The summed E-state index contributed by atoms with van der Waals surface area (Å²) in [5.74, 6) is -0.289. The van der Waals surface area contributed by atoms with Crippen LogP contribution in [0.5, 0.6) is 5.75 Å². The molecule has 1 amide bonds. The summed E-state index contributed by atoms with van der Waals surface area (Å²) in [6.07, 6.45) is 10.5. The molecule has 0 spiro atoms. The molecule has 5 heteroatoms. The number of unbranched alkanes of at least 4 members (excludes halogenated alkanes) is 7. The van der Waals surface area contributed by atoms with Crippen molar-refractivity contribution in [2.24, 2.45) is 0 Å². The van der Waals surface area contributed by atoms with Gasteiger partial charge in [0.25, 0.3) is 0 Å². The summed E-state index contributed by atoms with van der Waals surface area (Å²) < 4.78 is 0. The molecule has 0 aliphatic heterocycles. The number of rotatable bonds is 13. The maximum Gasteiger partial charge on any atom is 0.303 e. The van der Waals surface area contributed by atoms with E-state index in [2.05, 4.69) is 12.2 Å². The summed E-state index contributed by atoms with van der Waals surface area (Å²) in [5.41, 5.74) is 0. The minimum Gasteiger partial charge on any atom is -0.508 e. The van der Waals surface area contributed by atoms with E-state index in [1.807, 2.05) is 6.07 Å². The van der Waals surface area contributed by atoms with E-state index in [0.29, 0.717) is 25.1 Å². The number of carboxylic acids is 1. The lowest BCUT2D eigenvalue weighted by molar-refractivity contribution is -0.137. The predicted molar refractivity (Wildman–Crippen MR) is 105 cm³/mol. The fourth-order valence-corrected chi connectivity index (χ4v) is 2.39. The van der Waals surface area contributed by atoms with Crippen LogP contribution in [0.1, 0.15) is 77.6 Å². The van der Waals surface area contributed by atoms with Crippen LogP contribution in [0.4, 0.5) is 0 Å². The van der Waals surface area contributed by atoms with Gasteiger partial charge < -0.3 is 15.5 Å². The molecule has 5 nitrogen and oxygen atoms in total. The highest BCUT2D eigenvalue weighted by atomic mass is 16.4. The second-order valence-electron chi connectivity index (χ2n) is 6.41. The van der Waals surface area contributed by atoms with E-state index >= 15 is 0 Å². The van der Waals surface area contributed by atoms with E-state index in [4.69, 9.17) is 10.2 Å². The number of carboxylic acid groups (broad SMARTS) is 1. The Kier molecular flexibility index (Phi) is 16.4. The van der Waals surface area contributed by atoms with Gasteiger partial charge in [-0.05, 0) is 31.4 Å². The molecular formula is C21H35NO4. The topological polar surface area (TPSA) is 86.6 Å². The van der Waals surface area contributed by atoms with Gasteiger partial charge in [-0.25, -0.2) is 0 Å². The molecule has 0 saturated heterocycles. The van der Waals surface area contributed by atoms with Crippen LogP contribution in [0.25, 0.3) is 0 Å². The Morgan fingerprint density at radius 2 is 1.42 bits per heavy atom. The average molecular weight is 366 g/mol. The van der Waals surface area contributed by atoms with Crippen molar-refractivity contribution < 1.29 is 19.8 Å². The van der Waals surface area contributed by atoms with Gasteiger partial charge in [-0.15, -0.1) is 0 Å². The third-order valence-electron chi connectivity index (χ3n) is 3.90. The maximum atomic E-state index is 11.5. The smallest absolute Gasteiger partial charge is 0.303 e. The molecule has 3 N–H and O–H groups in total. The number of aromatic hydroxyl groups is 1. The molecule has 0 aromatic heterocycles. The van der Waals surface area contributed by atoms with Crippen LogP contribution < -0.4 is 5.32 Å². The molecule has 0 aliphatic rings. The summed E-state index contributed by atoms with van der Waals surface area (Å²) in [6.45, 7) is 2.87. The number of carbonyl (C=O) groups is 2. The Hall–Kier alpha value is -2.04. The molecular weight excluding hydrogens is 330 g/mol. The van der Waals surface area contributed by atoms with E-state index in [1.165, 1.54) is 25.7 Å². The minimum atomic E-state index is -0.743. The normalized spacial score (nSPS) is 9.88. The van der Waals surface area contributed by atoms with Gasteiger partial charge >= 0.3 is 5.97 Å². The molecule has 1 aromatic carbocycles. The number of phenolic OH excluding ortho intramolecular Hbond substituents is 1. The molecule has 0 unspecified atom stereocenters. The van der Waals surface area contributed by atoms with Crippen LogP contribution in [-0.2, 0) is 9.59 Å². The number of para-hydroxylation sites is 1. The molecule has 26 heavy (non-hydrogen) atoms. The number of amides is 1. The van der Waals surface area contributed by atoms with Crippen molar-refractivity contribution in [1.82, 2.24) is 5.32 Å². The number of aliphatic carboxylic acids is 1. The first-order valence-electron chi connectivity index (χ1n) is 9.78. The second-order valence-corrected chi connectivity index (χ2v) is 6.41.